The molecule has 1 aliphatic rings. The van der Waals surface area contributed by atoms with Crippen LogP contribution in [0.4, 0.5) is 0 Å². The number of hydrogen-bond acceptors (Lipinski definition) is 0. The Hall–Kier alpha value is 0. The third kappa shape index (κ3) is 3.79. The highest BCUT2D eigenvalue weighted by Gasteiger charge is 2.12. The Balaban J connectivity index is 1.96. The second-order valence-electron chi connectivity index (χ2n) is 3.64. The van der Waals surface area contributed by atoms with Crippen LogP contribution in [0.2, 0.25) is 0 Å². The van der Waals surface area contributed by atoms with Crippen molar-refractivity contribution < 1.29 is 0 Å². The minimum Gasteiger partial charge on any atom is -0.0654 e. The highest BCUT2D eigenvalue weighted by Crippen LogP contribution is 2.26. The van der Waals surface area contributed by atoms with E-state index in [1.807, 2.05) is 0 Å². The number of hydrogen-bond donors (Lipinski definition) is 0. The molecule has 11 heavy (non-hydrogen) atoms. The van der Waals surface area contributed by atoms with Crippen molar-refractivity contribution in [2.45, 2.75) is 58.3 Å². The summed E-state index contributed by atoms with van der Waals surface area (Å²) < 4.78 is 0. The molecule has 1 unspecified atom stereocenters. The largest absolute Gasteiger partial charge is 0.0654 e. The van der Waals surface area contributed by atoms with Crippen molar-refractivity contribution in [3.05, 3.63) is 6.42 Å². The lowest BCUT2D eigenvalue weighted by Gasteiger charge is -2.20. The molecule has 0 aromatic carbocycles. The van der Waals surface area contributed by atoms with Gasteiger partial charge in [-0.3, -0.25) is 0 Å². The Morgan fingerprint density at radius 2 is 2.18 bits per heavy atom. The second-order valence-corrected chi connectivity index (χ2v) is 3.64. The summed E-state index contributed by atoms with van der Waals surface area (Å²) in [5.74, 6) is 0.857. The van der Waals surface area contributed by atoms with Crippen LogP contribution >= 0.6 is 0 Å². The lowest BCUT2D eigenvalue weighted by Crippen LogP contribution is -2.06. The first-order valence-electron chi connectivity index (χ1n) is 5.17. The molecule has 2 radical (unpaired) electrons. The molecule has 0 bridgehead atoms. The van der Waals surface area contributed by atoms with Crippen LogP contribution in [0.5, 0.6) is 0 Å². The van der Waals surface area contributed by atoms with Crippen LogP contribution in [0.3, 0.4) is 0 Å². The van der Waals surface area contributed by atoms with Gasteiger partial charge in [0.25, 0.3) is 0 Å². The molecule has 0 aromatic rings. The van der Waals surface area contributed by atoms with Gasteiger partial charge >= 0.3 is 0 Å². The van der Waals surface area contributed by atoms with Gasteiger partial charge in [-0.2, -0.15) is 0 Å². The molecule has 0 heteroatoms. The Labute approximate surface area is 71.4 Å². The zero-order chi connectivity index (χ0) is 7.94. The standard InChI is InChI=1S/C11H20/c1-2-3-5-8-11-9-6-4-7-10-11/h11H,2-9H2,1H3. The monoisotopic (exact) mass is 152 g/mol. The molecule has 0 spiro atoms. The molecule has 64 valence electrons. The summed E-state index contributed by atoms with van der Waals surface area (Å²) in [6, 6.07) is 0. The first kappa shape index (κ1) is 9.09. The van der Waals surface area contributed by atoms with Crippen molar-refractivity contribution in [2.75, 3.05) is 0 Å². The van der Waals surface area contributed by atoms with Crippen molar-refractivity contribution in [3.8, 4) is 0 Å². The lowest BCUT2D eigenvalue weighted by molar-refractivity contribution is 0.406. The summed E-state index contributed by atoms with van der Waals surface area (Å²) in [4.78, 5) is 0. The van der Waals surface area contributed by atoms with Gasteiger partial charge in [0.05, 0.1) is 0 Å². The maximum Gasteiger partial charge on any atom is -0.0140 e. The molecule has 0 heterocycles. The molecule has 1 saturated carbocycles. The molecule has 0 nitrogen and oxygen atoms in total. The third-order valence-corrected chi connectivity index (χ3v) is 2.57. The van der Waals surface area contributed by atoms with Crippen LogP contribution in [-0.4, -0.2) is 0 Å². The van der Waals surface area contributed by atoms with Crippen LogP contribution in [-0.2, 0) is 0 Å². The molecule has 0 aromatic heterocycles. The van der Waals surface area contributed by atoms with E-state index in [0.717, 1.165) is 5.92 Å². The van der Waals surface area contributed by atoms with E-state index >= 15 is 0 Å². The van der Waals surface area contributed by atoms with Crippen molar-refractivity contribution in [1.82, 2.24) is 0 Å². The van der Waals surface area contributed by atoms with E-state index in [-0.39, 0.29) is 0 Å². The van der Waals surface area contributed by atoms with E-state index in [9.17, 15) is 0 Å². The van der Waals surface area contributed by atoms with Crippen molar-refractivity contribution >= 4 is 0 Å². The minimum atomic E-state index is 0.857. The van der Waals surface area contributed by atoms with E-state index in [2.05, 4.69) is 13.3 Å². The Bertz CT molecular complexity index is 80.0. The fourth-order valence-corrected chi connectivity index (χ4v) is 1.81. The maximum absolute atomic E-state index is 3.58. The summed E-state index contributed by atoms with van der Waals surface area (Å²) in [6.07, 6.45) is 14.7. The molecular formula is C11H20. The third-order valence-electron chi connectivity index (χ3n) is 2.57. The summed E-state index contributed by atoms with van der Waals surface area (Å²) in [7, 11) is 0. The molecular weight excluding hydrogens is 132 g/mol. The lowest BCUT2D eigenvalue weighted by atomic mass is 9.86. The molecule has 0 saturated heterocycles. The van der Waals surface area contributed by atoms with Gasteiger partial charge in [-0.1, -0.05) is 39.0 Å². The van der Waals surface area contributed by atoms with E-state index < -0.39 is 0 Å². The normalized spacial score (nSPS) is 20.5. The Morgan fingerprint density at radius 3 is 2.82 bits per heavy atom. The van der Waals surface area contributed by atoms with Crippen LogP contribution < -0.4 is 0 Å². The summed E-state index contributed by atoms with van der Waals surface area (Å²) in [6.45, 7) is 2.27. The zero-order valence-corrected chi connectivity index (χ0v) is 7.73. The van der Waals surface area contributed by atoms with Crippen molar-refractivity contribution in [2.24, 2.45) is 5.92 Å². The molecule has 1 fully saturated rings. The Kier molecular flexibility index (Phi) is 4.65. The van der Waals surface area contributed by atoms with Crippen molar-refractivity contribution in [3.63, 3.8) is 0 Å². The van der Waals surface area contributed by atoms with Gasteiger partial charge in [0, 0.05) is 0 Å². The average Bonchev–Trinajstić information content (AvgIpc) is 2.07. The predicted molar refractivity (Wildman–Crippen MR) is 49.3 cm³/mol. The van der Waals surface area contributed by atoms with Gasteiger partial charge in [-0.05, 0) is 31.6 Å². The molecule has 0 amide bonds. The minimum absolute atomic E-state index is 0.857. The van der Waals surface area contributed by atoms with E-state index in [0.29, 0.717) is 0 Å². The van der Waals surface area contributed by atoms with E-state index in [1.165, 1.54) is 51.4 Å². The zero-order valence-electron chi connectivity index (χ0n) is 7.73. The number of rotatable bonds is 4. The smallest absolute Gasteiger partial charge is 0.0140 e. The topological polar surface area (TPSA) is 0 Å². The quantitative estimate of drug-likeness (QED) is 0.537. The summed E-state index contributed by atoms with van der Waals surface area (Å²) in [5.41, 5.74) is 0. The molecule has 0 N–H and O–H groups in total. The maximum atomic E-state index is 3.58. The van der Waals surface area contributed by atoms with Crippen LogP contribution in [0.15, 0.2) is 0 Å². The van der Waals surface area contributed by atoms with Gasteiger partial charge in [0.1, 0.15) is 0 Å². The van der Waals surface area contributed by atoms with Gasteiger partial charge in [0.2, 0.25) is 0 Å². The van der Waals surface area contributed by atoms with Gasteiger partial charge in [0.15, 0.2) is 0 Å². The fraction of sp³-hybridized carbons (Fsp3) is 0.909. The first-order chi connectivity index (χ1) is 5.43. The molecule has 0 aliphatic heterocycles. The van der Waals surface area contributed by atoms with E-state index in [4.69, 9.17) is 0 Å². The summed E-state index contributed by atoms with van der Waals surface area (Å²) >= 11 is 0. The highest BCUT2D eigenvalue weighted by atomic mass is 14.2. The van der Waals surface area contributed by atoms with E-state index in [1.54, 1.807) is 0 Å². The first-order valence-corrected chi connectivity index (χ1v) is 5.17. The van der Waals surface area contributed by atoms with Gasteiger partial charge in [-0.25, -0.2) is 0 Å². The number of unbranched alkanes of at least 4 members (excludes halogenated alkanes) is 2. The summed E-state index contributed by atoms with van der Waals surface area (Å²) in [5, 5.41) is 0. The molecule has 1 aliphatic carbocycles. The SMILES string of the molecule is CCCCCC1[C]CCCC1. The van der Waals surface area contributed by atoms with Gasteiger partial charge in [-0.15, -0.1) is 0 Å². The second kappa shape index (κ2) is 5.62. The molecule has 1 rings (SSSR count). The molecule has 1 atom stereocenters. The van der Waals surface area contributed by atoms with Gasteiger partial charge < -0.3 is 0 Å². The van der Waals surface area contributed by atoms with Crippen molar-refractivity contribution in [1.29, 1.82) is 0 Å². The Morgan fingerprint density at radius 1 is 1.27 bits per heavy atom. The van der Waals surface area contributed by atoms with Crippen LogP contribution in [0.25, 0.3) is 0 Å². The fourth-order valence-electron chi connectivity index (χ4n) is 1.81. The van der Waals surface area contributed by atoms with Crippen LogP contribution in [0, 0.1) is 12.3 Å². The van der Waals surface area contributed by atoms with Crippen LogP contribution in [0.1, 0.15) is 58.3 Å². The predicted octanol–water partition coefficient (Wildman–Crippen LogP) is 3.84. The highest BCUT2D eigenvalue weighted by molar-refractivity contribution is 4.80. The average molecular weight is 152 g/mol.